The summed E-state index contributed by atoms with van der Waals surface area (Å²) < 4.78 is 98.2. The van der Waals surface area contributed by atoms with Gasteiger partial charge in [0.25, 0.3) is 0 Å². The first-order valence-corrected chi connectivity index (χ1v) is 16.0. The summed E-state index contributed by atoms with van der Waals surface area (Å²) >= 11 is 4.93. The molecule has 0 amide bonds. The van der Waals surface area contributed by atoms with E-state index in [9.17, 15) is 26.3 Å². The van der Waals surface area contributed by atoms with Crippen LogP contribution in [0.5, 0.6) is 0 Å². The number of aromatic nitrogens is 2. The van der Waals surface area contributed by atoms with E-state index < -0.39 is 23.5 Å². The molecule has 1 aliphatic heterocycles. The molecular formula is C30H16F6N4S4. The second kappa shape index (κ2) is 10.4. The van der Waals surface area contributed by atoms with E-state index in [-0.39, 0.29) is 11.1 Å². The Morgan fingerprint density at radius 1 is 0.545 bits per heavy atom. The molecule has 0 spiro atoms. The highest BCUT2D eigenvalue weighted by Crippen LogP contribution is 2.54. The van der Waals surface area contributed by atoms with Gasteiger partial charge in [0.2, 0.25) is 0 Å². The lowest BCUT2D eigenvalue weighted by molar-refractivity contribution is -0.138. The number of hydrogen-bond acceptors (Lipinski definition) is 7. The van der Waals surface area contributed by atoms with Gasteiger partial charge in [0.05, 0.1) is 34.2 Å². The van der Waals surface area contributed by atoms with Gasteiger partial charge in [0.1, 0.15) is 22.4 Å². The molecule has 222 valence electrons. The largest absolute Gasteiger partial charge is 0.416 e. The van der Waals surface area contributed by atoms with E-state index in [4.69, 9.17) is 0 Å². The molecule has 0 saturated carbocycles. The Balaban J connectivity index is 1.30. The van der Waals surface area contributed by atoms with Crippen molar-refractivity contribution < 1.29 is 26.3 Å². The number of benzene rings is 3. The highest BCUT2D eigenvalue weighted by molar-refractivity contribution is 7.58. The van der Waals surface area contributed by atoms with Crippen LogP contribution in [0.25, 0.3) is 52.8 Å². The standard InChI is InChI=1S/C30H16F6N4S4/c1-13-11-15(3-5-17(13)29(31,32)33)19-7-9-21(41-19)23-25-27(39-43-37-25)24(28-26(23)38-44-40-28)22-10-8-20(42-22)16-4-6-18(14(2)12-16)30(34,35)36/h3-12H,1-2H3. The predicted molar refractivity (Wildman–Crippen MR) is 166 cm³/mol. The lowest BCUT2D eigenvalue weighted by Gasteiger charge is -2.11. The molecule has 0 aliphatic carbocycles. The number of thiophene rings is 2. The molecule has 0 atom stereocenters. The van der Waals surface area contributed by atoms with Crippen LogP contribution in [0.3, 0.4) is 0 Å². The molecule has 0 bridgehead atoms. The Kier molecular flexibility index (Phi) is 6.88. The zero-order chi connectivity index (χ0) is 31.0. The lowest BCUT2D eigenvalue weighted by Crippen LogP contribution is -2.07. The molecule has 0 fully saturated rings. The predicted octanol–water partition coefficient (Wildman–Crippen LogP) is 11.9. The molecule has 44 heavy (non-hydrogen) atoms. The fourth-order valence-electron chi connectivity index (χ4n) is 5.25. The number of nitrogens with zero attached hydrogens (tertiary/aromatic N) is 4. The Morgan fingerprint density at radius 3 is 1.34 bits per heavy atom. The minimum atomic E-state index is -4.42. The molecule has 0 unspecified atom stereocenters. The van der Waals surface area contributed by atoms with E-state index in [0.29, 0.717) is 33.5 Å². The SMILES string of the molecule is Cc1cc(-c2ccc(-c3c4c(c(-c5ccc(-c6ccc(C(F)(F)F)c(C)c6)s5)c5nsnc35)N=S=N4)s2)ccc1C(F)(F)F. The summed E-state index contributed by atoms with van der Waals surface area (Å²) in [6.45, 7) is 2.90. The Morgan fingerprint density at radius 2 is 0.955 bits per heavy atom. The van der Waals surface area contributed by atoms with Gasteiger partial charge in [0.15, 0.2) is 0 Å². The van der Waals surface area contributed by atoms with E-state index >= 15 is 0 Å². The topological polar surface area (TPSA) is 50.5 Å². The molecule has 6 aromatic rings. The van der Waals surface area contributed by atoms with Crippen LogP contribution in [0.4, 0.5) is 37.7 Å². The van der Waals surface area contributed by atoms with Gasteiger partial charge in [-0.25, -0.2) is 0 Å². The van der Waals surface area contributed by atoms with Crippen molar-refractivity contribution in [3.05, 3.63) is 82.9 Å². The van der Waals surface area contributed by atoms with Crippen molar-refractivity contribution in [1.82, 2.24) is 8.75 Å². The van der Waals surface area contributed by atoms with Crippen LogP contribution in [0.2, 0.25) is 0 Å². The number of aryl methyl sites for hydroxylation is 2. The summed E-state index contributed by atoms with van der Waals surface area (Å²) in [5.74, 6) is 0. The van der Waals surface area contributed by atoms with E-state index in [1.54, 1.807) is 0 Å². The first-order chi connectivity index (χ1) is 20.9. The summed E-state index contributed by atoms with van der Waals surface area (Å²) in [7, 11) is 0. The minimum Gasteiger partial charge on any atom is -0.172 e. The van der Waals surface area contributed by atoms with Crippen LogP contribution in [0.15, 0.2) is 69.4 Å². The molecule has 1 aliphatic rings. The maximum absolute atomic E-state index is 13.3. The third-order valence-electron chi connectivity index (χ3n) is 7.26. The molecular weight excluding hydrogens is 659 g/mol. The van der Waals surface area contributed by atoms with Gasteiger partial charge >= 0.3 is 12.4 Å². The number of rotatable bonds is 4. The maximum Gasteiger partial charge on any atom is 0.416 e. The van der Waals surface area contributed by atoms with Gasteiger partial charge in [-0.1, -0.05) is 24.3 Å². The fourth-order valence-corrected chi connectivity index (χ4v) is 8.47. The second-order valence-corrected chi connectivity index (χ2v) is 13.3. The molecule has 0 N–H and O–H groups in total. The van der Waals surface area contributed by atoms with Gasteiger partial charge in [-0.15, -0.1) is 22.7 Å². The second-order valence-electron chi connectivity index (χ2n) is 10.1. The smallest absolute Gasteiger partial charge is 0.172 e. The molecule has 3 aromatic heterocycles. The van der Waals surface area contributed by atoms with Gasteiger partial charge in [0, 0.05) is 30.6 Å². The molecule has 7 rings (SSSR count). The quantitative estimate of drug-likeness (QED) is 0.175. The van der Waals surface area contributed by atoms with E-state index in [2.05, 4.69) is 17.5 Å². The molecule has 0 saturated heterocycles. The zero-order valence-corrected chi connectivity index (χ0v) is 25.7. The third kappa shape index (κ3) is 4.89. The van der Waals surface area contributed by atoms with Gasteiger partial charge in [-0.05, 0) is 72.5 Å². The number of halogens is 6. The molecule has 3 aromatic carbocycles. The van der Waals surface area contributed by atoms with Crippen molar-refractivity contribution in [1.29, 1.82) is 0 Å². The summed E-state index contributed by atoms with van der Waals surface area (Å²) in [6, 6.07) is 15.8. The van der Waals surface area contributed by atoms with Crippen molar-refractivity contribution in [2.75, 3.05) is 0 Å². The number of alkyl halides is 6. The molecule has 4 nitrogen and oxygen atoms in total. The van der Waals surface area contributed by atoms with Crippen LogP contribution >= 0.6 is 34.4 Å². The van der Waals surface area contributed by atoms with Crippen molar-refractivity contribution in [3.63, 3.8) is 0 Å². The molecule has 0 radical (unpaired) electrons. The summed E-state index contributed by atoms with van der Waals surface area (Å²) in [5.41, 5.74) is 4.32. The normalized spacial score (nSPS) is 13.1. The minimum absolute atomic E-state index is 0.147. The van der Waals surface area contributed by atoms with Crippen molar-refractivity contribution in [2.24, 2.45) is 8.73 Å². The fraction of sp³-hybridized carbons (Fsp3) is 0.133. The van der Waals surface area contributed by atoms with Crippen LogP contribution < -0.4 is 0 Å². The third-order valence-corrected chi connectivity index (χ3v) is 10.6. The van der Waals surface area contributed by atoms with Gasteiger partial charge in [-0.3, -0.25) is 0 Å². The average molecular weight is 675 g/mol. The summed E-state index contributed by atoms with van der Waals surface area (Å²) in [6.07, 6.45) is -8.84. The van der Waals surface area contributed by atoms with Crippen molar-refractivity contribution >= 4 is 68.2 Å². The Bertz CT molecular complexity index is 2030. The van der Waals surface area contributed by atoms with Crippen LogP contribution in [0, 0.1) is 13.8 Å². The summed E-state index contributed by atoms with van der Waals surface area (Å²) in [4.78, 5) is 3.24. The highest BCUT2D eigenvalue weighted by atomic mass is 32.1. The highest BCUT2D eigenvalue weighted by Gasteiger charge is 2.33. The Labute approximate surface area is 261 Å². The monoisotopic (exact) mass is 674 g/mol. The van der Waals surface area contributed by atoms with E-state index in [0.717, 1.165) is 65.9 Å². The van der Waals surface area contributed by atoms with Crippen molar-refractivity contribution in [3.8, 4) is 41.8 Å². The average Bonchev–Trinajstić information content (AvgIpc) is 3.77. The number of fused-ring (bicyclic) bond motifs is 2. The van der Waals surface area contributed by atoms with Gasteiger partial charge in [-0.2, -0.15) is 43.8 Å². The number of hydrogen-bond donors (Lipinski definition) is 0. The summed E-state index contributed by atoms with van der Waals surface area (Å²) in [5, 5.41) is 0. The van der Waals surface area contributed by atoms with Gasteiger partial charge < -0.3 is 0 Å². The van der Waals surface area contributed by atoms with Crippen LogP contribution in [-0.4, -0.2) is 8.75 Å². The zero-order valence-electron chi connectivity index (χ0n) is 22.5. The first-order valence-electron chi connectivity index (χ1n) is 12.9. The van der Waals surface area contributed by atoms with E-state index in [1.165, 1.54) is 60.8 Å². The van der Waals surface area contributed by atoms with E-state index in [1.807, 2.05) is 24.3 Å². The van der Waals surface area contributed by atoms with Crippen LogP contribution in [0.1, 0.15) is 22.3 Å². The molecule has 4 heterocycles. The van der Waals surface area contributed by atoms with Crippen LogP contribution in [-0.2, 0) is 23.7 Å². The Hall–Kier alpha value is -3.72. The molecule has 14 heteroatoms. The first kappa shape index (κ1) is 29.0. The maximum atomic E-state index is 13.3. The van der Waals surface area contributed by atoms with Crippen molar-refractivity contribution in [2.45, 2.75) is 26.2 Å². The lowest BCUT2D eigenvalue weighted by atomic mass is 10.0.